The second-order valence-electron chi connectivity index (χ2n) is 6.38. The molecule has 0 amide bonds. The van der Waals surface area contributed by atoms with Crippen molar-refractivity contribution in [3.63, 3.8) is 0 Å². The SMILES string of the molecule is C=C(C)[C@@H]1CC[C@H](C)[C@@H]2CC[C@H](C)[C@]2(O)C1. The Morgan fingerprint density at radius 3 is 2.50 bits per heavy atom. The zero-order chi connectivity index (χ0) is 11.9. The Balaban J connectivity index is 2.25. The highest BCUT2D eigenvalue weighted by molar-refractivity contribution is 5.07. The first kappa shape index (κ1) is 12.2. The van der Waals surface area contributed by atoms with E-state index >= 15 is 0 Å². The van der Waals surface area contributed by atoms with Crippen molar-refractivity contribution in [3.05, 3.63) is 12.2 Å². The average molecular weight is 222 g/mol. The predicted molar refractivity (Wildman–Crippen MR) is 68.2 cm³/mol. The highest BCUT2D eigenvalue weighted by Crippen LogP contribution is 2.52. The number of allylic oxidation sites excluding steroid dienone is 1. The van der Waals surface area contributed by atoms with Gasteiger partial charge in [0.2, 0.25) is 0 Å². The molecule has 0 unspecified atom stereocenters. The molecular weight excluding hydrogens is 196 g/mol. The van der Waals surface area contributed by atoms with Crippen LogP contribution in [-0.4, -0.2) is 10.7 Å². The van der Waals surface area contributed by atoms with Crippen LogP contribution in [0.3, 0.4) is 0 Å². The molecule has 2 aliphatic carbocycles. The van der Waals surface area contributed by atoms with Gasteiger partial charge in [-0.05, 0) is 62.7 Å². The first-order valence-electron chi connectivity index (χ1n) is 6.83. The standard InChI is InChI=1S/C15H26O/c1-10(2)13-7-5-11(3)14-8-6-12(4)15(14,16)9-13/h11-14,16H,1,5-9H2,2-4H3/t11-,12-,13+,14-,15+/m0/s1. The van der Waals surface area contributed by atoms with Crippen LogP contribution >= 0.6 is 0 Å². The minimum atomic E-state index is -0.403. The highest BCUT2D eigenvalue weighted by atomic mass is 16.3. The molecule has 0 aliphatic heterocycles. The maximum atomic E-state index is 11.0. The van der Waals surface area contributed by atoms with Gasteiger partial charge in [-0.2, -0.15) is 0 Å². The van der Waals surface area contributed by atoms with Crippen LogP contribution < -0.4 is 0 Å². The number of hydrogen-bond donors (Lipinski definition) is 1. The van der Waals surface area contributed by atoms with Crippen molar-refractivity contribution in [2.45, 2.75) is 58.5 Å². The summed E-state index contributed by atoms with van der Waals surface area (Å²) in [5.74, 6) is 2.23. The summed E-state index contributed by atoms with van der Waals surface area (Å²) >= 11 is 0. The van der Waals surface area contributed by atoms with E-state index in [0.29, 0.717) is 23.7 Å². The molecule has 92 valence electrons. The summed E-state index contributed by atoms with van der Waals surface area (Å²) in [4.78, 5) is 0. The van der Waals surface area contributed by atoms with Gasteiger partial charge >= 0.3 is 0 Å². The molecule has 0 saturated heterocycles. The molecule has 1 heteroatoms. The maximum absolute atomic E-state index is 11.0. The largest absolute Gasteiger partial charge is 0.389 e. The molecule has 2 fully saturated rings. The fraction of sp³-hybridized carbons (Fsp3) is 0.867. The van der Waals surface area contributed by atoms with Gasteiger partial charge in [0.15, 0.2) is 0 Å². The summed E-state index contributed by atoms with van der Waals surface area (Å²) in [5, 5.41) is 11.0. The molecule has 0 aromatic rings. The molecule has 0 radical (unpaired) electrons. The first-order valence-corrected chi connectivity index (χ1v) is 6.83. The van der Waals surface area contributed by atoms with E-state index in [1.54, 1.807) is 0 Å². The monoisotopic (exact) mass is 222 g/mol. The Hall–Kier alpha value is -0.300. The van der Waals surface area contributed by atoms with Gasteiger partial charge in [0.1, 0.15) is 0 Å². The van der Waals surface area contributed by atoms with E-state index in [2.05, 4.69) is 27.4 Å². The van der Waals surface area contributed by atoms with Crippen LogP contribution in [0.5, 0.6) is 0 Å². The summed E-state index contributed by atoms with van der Waals surface area (Å²) in [5.41, 5.74) is 0.861. The highest BCUT2D eigenvalue weighted by Gasteiger charge is 2.50. The lowest BCUT2D eigenvalue weighted by atomic mass is 9.75. The summed E-state index contributed by atoms with van der Waals surface area (Å²) < 4.78 is 0. The molecule has 16 heavy (non-hydrogen) atoms. The Kier molecular flexibility index (Phi) is 3.18. The number of aliphatic hydroxyl groups is 1. The molecule has 0 heterocycles. The number of fused-ring (bicyclic) bond motifs is 1. The Morgan fingerprint density at radius 1 is 1.19 bits per heavy atom. The summed E-state index contributed by atoms with van der Waals surface area (Å²) in [6.45, 7) is 10.8. The van der Waals surface area contributed by atoms with Crippen LogP contribution in [0.15, 0.2) is 12.2 Å². The topological polar surface area (TPSA) is 20.2 Å². The summed E-state index contributed by atoms with van der Waals surface area (Å²) in [7, 11) is 0. The van der Waals surface area contributed by atoms with Gasteiger partial charge in [-0.25, -0.2) is 0 Å². The molecule has 5 atom stereocenters. The van der Waals surface area contributed by atoms with Crippen LogP contribution in [0.4, 0.5) is 0 Å². The third-order valence-corrected chi connectivity index (χ3v) is 5.33. The Labute approximate surface area is 99.9 Å². The Bertz CT molecular complexity index is 283. The van der Waals surface area contributed by atoms with E-state index in [0.717, 1.165) is 6.42 Å². The first-order chi connectivity index (χ1) is 7.45. The van der Waals surface area contributed by atoms with Crippen LogP contribution in [-0.2, 0) is 0 Å². The van der Waals surface area contributed by atoms with E-state index in [9.17, 15) is 5.11 Å². The molecule has 2 saturated carbocycles. The fourth-order valence-electron chi connectivity index (χ4n) is 4.01. The van der Waals surface area contributed by atoms with Crippen molar-refractivity contribution < 1.29 is 5.11 Å². The van der Waals surface area contributed by atoms with Crippen LogP contribution in [0.1, 0.15) is 52.9 Å². The lowest BCUT2D eigenvalue weighted by Gasteiger charge is -2.36. The van der Waals surface area contributed by atoms with Gasteiger partial charge in [-0.1, -0.05) is 26.0 Å². The van der Waals surface area contributed by atoms with Crippen molar-refractivity contribution in [1.82, 2.24) is 0 Å². The van der Waals surface area contributed by atoms with E-state index < -0.39 is 5.60 Å². The van der Waals surface area contributed by atoms with E-state index in [1.165, 1.54) is 31.3 Å². The third-order valence-electron chi connectivity index (χ3n) is 5.33. The van der Waals surface area contributed by atoms with Crippen molar-refractivity contribution in [1.29, 1.82) is 0 Å². The lowest BCUT2D eigenvalue weighted by molar-refractivity contribution is -0.0543. The second kappa shape index (κ2) is 4.18. The third kappa shape index (κ3) is 1.84. The lowest BCUT2D eigenvalue weighted by Crippen LogP contribution is -2.41. The van der Waals surface area contributed by atoms with Crippen molar-refractivity contribution in [2.24, 2.45) is 23.7 Å². The van der Waals surface area contributed by atoms with Crippen molar-refractivity contribution in [2.75, 3.05) is 0 Å². The fourth-order valence-corrected chi connectivity index (χ4v) is 4.01. The molecule has 2 aliphatic rings. The molecule has 0 bridgehead atoms. The molecular formula is C15H26O. The van der Waals surface area contributed by atoms with Crippen LogP contribution in [0, 0.1) is 23.7 Å². The summed E-state index contributed by atoms with van der Waals surface area (Å²) in [6, 6.07) is 0. The van der Waals surface area contributed by atoms with Gasteiger partial charge in [0.25, 0.3) is 0 Å². The normalized spacial score (nSPS) is 48.5. The molecule has 1 nitrogen and oxygen atoms in total. The van der Waals surface area contributed by atoms with Crippen molar-refractivity contribution >= 4 is 0 Å². The zero-order valence-corrected chi connectivity index (χ0v) is 11.0. The molecule has 0 spiro atoms. The molecule has 2 rings (SSSR count). The average Bonchev–Trinajstić information content (AvgIpc) is 2.41. The Morgan fingerprint density at radius 2 is 1.88 bits per heavy atom. The maximum Gasteiger partial charge on any atom is 0.0709 e. The van der Waals surface area contributed by atoms with Gasteiger partial charge in [0, 0.05) is 0 Å². The molecule has 0 aromatic heterocycles. The minimum Gasteiger partial charge on any atom is -0.389 e. The molecule has 0 aromatic carbocycles. The number of rotatable bonds is 1. The van der Waals surface area contributed by atoms with Gasteiger partial charge in [-0.15, -0.1) is 0 Å². The minimum absolute atomic E-state index is 0.403. The van der Waals surface area contributed by atoms with Gasteiger partial charge < -0.3 is 5.11 Å². The second-order valence-corrected chi connectivity index (χ2v) is 6.38. The van der Waals surface area contributed by atoms with E-state index in [1.807, 2.05) is 0 Å². The smallest absolute Gasteiger partial charge is 0.0709 e. The van der Waals surface area contributed by atoms with Crippen molar-refractivity contribution in [3.8, 4) is 0 Å². The zero-order valence-electron chi connectivity index (χ0n) is 11.0. The van der Waals surface area contributed by atoms with Crippen LogP contribution in [0.25, 0.3) is 0 Å². The van der Waals surface area contributed by atoms with Gasteiger partial charge in [0.05, 0.1) is 5.60 Å². The quantitative estimate of drug-likeness (QED) is 0.669. The van der Waals surface area contributed by atoms with E-state index in [4.69, 9.17) is 0 Å². The van der Waals surface area contributed by atoms with E-state index in [-0.39, 0.29) is 0 Å². The van der Waals surface area contributed by atoms with Crippen LogP contribution in [0.2, 0.25) is 0 Å². The van der Waals surface area contributed by atoms with Gasteiger partial charge in [-0.3, -0.25) is 0 Å². The number of hydrogen-bond acceptors (Lipinski definition) is 1. The molecule has 1 N–H and O–H groups in total. The summed E-state index contributed by atoms with van der Waals surface area (Å²) in [6.07, 6.45) is 5.87. The predicted octanol–water partition coefficient (Wildman–Crippen LogP) is 3.78.